The van der Waals surface area contributed by atoms with Gasteiger partial charge >= 0.3 is 0 Å². The molecule has 1 heterocycles. The Morgan fingerprint density at radius 2 is 1.72 bits per heavy atom. The molecule has 0 radical (unpaired) electrons. The van der Waals surface area contributed by atoms with Gasteiger partial charge in [-0.3, -0.25) is 0 Å². The topological polar surface area (TPSA) is 140 Å². The highest BCUT2D eigenvalue weighted by Gasteiger charge is 2.36. The predicted octanol–water partition coefficient (Wildman–Crippen LogP) is -3.11. The Labute approximate surface area is 104 Å². The normalized spacial score (nSPS) is 28.7. The first-order valence-corrected chi connectivity index (χ1v) is 5.75. The van der Waals surface area contributed by atoms with Crippen LogP contribution in [0.4, 0.5) is 0 Å². The molecule has 0 aromatic heterocycles. The van der Waals surface area contributed by atoms with Crippen LogP contribution in [0.25, 0.3) is 0 Å². The molecule has 8 heteroatoms. The molecule has 0 spiro atoms. The van der Waals surface area contributed by atoms with Crippen molar-refractivity contribution in [1.82, 2.24) is 0 Å². The lowest BCUT2D eigenvalue weighted by Crippen LogP contribution is -2.51. The molecule has 0 saturated carbocycles. The first-order valence-electron chi connectivity index (χ1n) is 5.75. The second-order valence-electron chi connectivity index (χ2n) is 4.19. The van der Waals surface area contributed by atoms with Crippen molar-refractivity contribution in [2.24, 2.45) is 0 Å². The zero-order chi connectivity index (χ0) is 13.7. The van der Waals surface area contributed by atoms with Crippen LogP contribution in [0.1, 0.15) is 12.8 Å². The van der Waals surface area contributed by atoms with E-state index in [0.29, 0.717) is 13.0 Å². The molecule has 0 amide bonds. The largest absolute Gasteiger partial charge is 0.394 e. The van der Waals surface area contributed by atoms with Gasteiger partial charge in [-0.2, -0.15) is 0 Å². The molecule has 108 valence electrons. The summed E-state index contributed by atoms with van der Waals surface area (Å²) in [6.07, 6.45) is -8.21. The Balaban J connectivity index is 2.43. The highest BCUT2D eigenvalue weighted by atomic mass is 16.7. The minimum absolute atomic E-state index is 0.488. The summed E-state index contributed by atoms with van der Waals surface area (Å²) in [5.41, 5.74) is 0. The fourth-order valence-electron chi connectivity index (χ4n) is 1.60. The molecule has 0 bridgehead atoms. The first kappa shape index (κ1) is 15.7. The van der Waals surface area contributed by atoms with Crippen LogP contribution in [0, 0.1) is 0 Å². The SMILES string of the molecule is OC[C@@H](O)[C@@H](O)[C@H](O)[C@@H](O)C(O)OC1CCCO1. The highest BCUT2D eigenvalue weighted by Crippen LogP contribution is 2.17. The number of hydrogen-bond acceptors (Lipinski definition) is 8. The molecule has 1 aliphatic heterocycles. The number of aliphatic hydroxyl groups excluding tert-OH is 6. The van der Waals surface area contributed by atoms with Crippen LogP contribution in [0.2, 0.25) is 0 Å². The van der Waals surface area contributed by atoms with Crippen molar-refractivity contribution in [2.75, 3.05) is 13.2 Å². The number of hydrogen-bond donors (Lipinski definition) is 6. The van der Waals surface area contributed by atoms with Gasteiger partial charge in [-0.25, -0.2) is 0 Å². The molecule has 8 nitrogen and oxygen atoms in total. The lowest BCUT2D eigenvalue weighted by atomic mass is 10.0. The molecule has 2 unspecified atom stereocenters. The van der Waals surface area contributed by atoms with Gasteiger partial charge in [-0.15, -0.1) is 0 Å². The fraction of sp³-hybridized carbons (Fsp3) is 1.00. The molecule has 0 aromatic rings. The van der Waals surface area contributed by atoms with Gasteiger partial charge in [0.05, 0.1) is 6.61 Å². The van der Waals surface area contributed by atoms with Crippen LogP contribution >= 0.6 is 0 Å². The minimum atomic E-state index is -1.86. The van der Waals surface area contributed by atoms with E-state index in [1.165, 1.54) is 0 Å². The molecule has 18 heavy (non-hydrogen) atoms. The van der Waals surface area contributed by atoms with Crippen molar-refractivity contribution in [1.29, 1.82) is 0 Å². The van der Waals surface area contributed by atoms with Gasteiger partial charge in [0.1, 0.15) is 24.4 Å². The van der Waals surface area contributed by atoms with Crippen LogP contribution in [0.5, 0.6) is 0 Å². The maximum Gasteiger partial charge on any atom is 0.186 e. The van der Waals surface area contributed by atoms with Gasteiger partial charge < -0.3 is 40.1 Å². The second-order valence-corrected chi connectivity index (χ2v) is 4.19. The number of aliphatic hydroxyl groups is 6. The Morgan fingerprint density at radius 1 is 1.06 bits per heavy atom. The van der Waals surface area contributed by atoms with Gasteiger partial charge in [0.2, 0.25) is 0 Å². The summed E-state index contributed by atoms with van der Waals surface area (Å²) in [7, 11) is 0. The second kappa shape index (κ2) is 7.31. The molecule has 6 N–H and O–H groups in total. The van der Waals surface area contributed by atoms with E-state index < -0.39 is 43.6 Å². The summed E-state index contributed by atoms with van der Waals surface area (Å²) in [6.45, 7) is -0.296. The quantitative estimate of drug-likeness (QED) is 0.267. The highest BCUT2D eigenvalue weighted by molar-refractivity contribution is 4.82. The monoisotopic (exact) mass is 268 g/mol. The van der Waals surface area contributed by atoms with Crippen molar-refractivity contribution < 1.29 is 40.1 Å². The number of ether oxygens (including phenoxy) is 2. The third-order valence-electron chi connectivity index (χ3n) is 2.75. The van der Waals surface area contributed by atoms with Gasteiger partial charge in [0, 0.05) is 13.0 Å². The van der Waals surface area contributed by atoms with Crippen LogP contribution in [0.3, 0.4) is 0 Å². The molecular formula is C10H20O8. The Kier molecular flexibility index (Phi) is 6.39. The lowest BCUT2D eigenvalue weighted by Gasteiger charge is -2.29. The number of rotatable bonds is 7. The lowest BCUT2D eigenvalue weighted by molar-refractivity contribution is -0.264. The van der Waals surface area contributed by atoms with Crippen LogP contribution < -0.4 is 0 Å². The fourth-order valence-corrected chi connectivity index (χ4v) is 1.60. The zero-order valence-corrected chi connectivity index (χ0v) is 9.79. The van der Waals surface area contributed by atoms with E-state index in [-0.39, 0.29) is 0 Å². The maximum atomic E-state index is 9.53. The zero-order valence-electron chi connectivity index (χ0n) is 9.79. The standard InChI is InChI=1S/C10H20O8/c11-4-5(12)7(13)8(14)9(15)10(16)18-6-2-1-3-17-6/h5-16H,1-4H2/t5-,6?,7-,8+,9-,10?/m1/s1. The summed E-state index contributed by atoms with van der Waals surface area (Å²) in [4.78, 5) is 0. The molecule has 1 fully saturated rings. The van der Waals surface area contributed by atoms with E-state index in [4.69, 9.17) is 19.7 Å². The van der Waals surface area contributed by atoms with Crippen molar-refractivity contribution in [2.45, 2.75) is 49.8 Å². The molecule has 0 aromatic carbocycles. The van der Waals surface area contributed by atoms with Crippen molar-refractivity contribution in [3.8, 4) is 0 Å². The summed E-state index contributed by atoms with van der Waals surface area (Å²) in [6, 6.07) is 0. The molecule has 1 aliphatic rings. The molecule has 1 saturated heterocycles. The first-order chi connectivity index (χ1) is 8.47. The van der Waals surface area contributed by atoms with Crippen molar-refractivity contribution >= 4 is 0 Å². The third-order valence-corrected chi connectivity index (χ3v) is 2.75. The average Bonchev–Trinajstić information content (AvgIpc) is 2.87. The predicted molar refractivity (Wildman–Crippen MR) is 57.2 cm³/mol. The maximum absolute atomic E-state index is 9.53. The van der Waals surface area contributed by atoms with Gasteiger partial charge in [-0.05, 0) is 6.42 Å². The van der Waals surface area contributed by atoms with Crippen LogP contribution in [0.15, 0.2) is 0 Å². The summed E-state index contributed by atoms with van der Waals surface area (Å²) < 4.78 is 9.98. The van der Waals surface area contributed by atoms with E-state index >= 15 is 0 Å². The smallest absolute Gasteiger partial charge is 0.186 e. The van der Waals surface area contributed by atoms with E-state index in [1.807, 2.05) is 0 Å². The van der Waals surface area contributed by atoms with E-state index in [0.717, 1.165) is 6.42 Å². The van der Waals surface area contributed by atoms with Gasteiger partial charge in [0.25, 0.3) is 0 Å². The van der Waals surface area contributed by atoms with Gasteiger partial charge in [0.15, 0.2) is 12.6 Å². The molecule has 1 rings (SSSR count). The minimum Gasteiger partial charge on any atom is -0.394 e. The van der Waals surface area contributed by atoms with Crippen LogP contribution in [-0.2, 0) is 9.47 Å². The summed E-state index contributed by atoms with van der Waals surface area (Å²) in [5, 5.41) is 55.5. The van der Waals surface area contributed by atoms with Crippen molar-refractivity contribution in [3.05, 3.63) is 0 Å². The molecule has 0 aliphatic carbocycles. The third kappa shape index (κ3) is 4.11. The van der Waals surface area contributed by atoms with Gasteiger partial charge in [-0.1, -0.05) is 0 Å². The van der Waals surface area contributed by atoms with Crippen molar-refractivity contribution in [3.63, 3.8) is 0 Å². The summed E-state index contributed by atoms with van der Waals surface area (Å²) in [5.74, 6) is 0. The molecule has 6 atom stereocenters. The Hall–Kier alpha value is -0.320. The van der Waals surface area contributed by atoms with Crippen LogP contribution in [-0.4, -0.2) is 80.8 Å². The summed E-state index contributed by atoms with van der Waals surface area (Å²) >= 11 is 0. The molecular weight excluding hydrogens is 248 g/mol. The van der Waals surface area contributed by atoms with E-state index in [9.17, 15) is 20.4 Å². The average molecular weight is 268 g/mol. The Bertz CT molecular complexity index is 232. The van der Waals surface area contributed by atoms with E-state index in [1.54, 1.807) is 0 Å². The Morgan fingerprint density at radius 3 is 2.22 bits per heavy atom. The van der Waals surface area contributed by atoms with E-state index in [2.05, 4.69) is 0 Å².